The van der Waals surface area contributed by atoms with Crippen molar-refractivity contribution < 1.29 is 29.6 Å². The summed E-state index contributed by atoms with van der Waals surface area (Å²) in [5.74, 6) is -1.82. The van der Waals surface area contributed by atoms with Crippen molar-refractivity contribution in [1.82, 2.24) is 0 Å². The summed E-state index contributed by atoms with van der Waals surface area (Å²) in [6, 6.07) is 9.94. The van der Waals surface area contributed by atoms with Crippen molar-refractivity contribution in [3.8, 4) is 23.0 Å². The highest BCUT2D eigenvalue weighted by atomic mass is 16.5. The number of ketones is 1. The topological polar surface area (TPSA) is 96.2 Å². The highest BCUT2D eigenvalue weighted by Crippen LogP contribution is 2.48. The second-order valence-electron chi connectivity index (χ2n) is 4.91. The highest BCUT2D eigenvalue weighted by Gasteiger charge is 2.40. The van der Waals surface area contributed by atoms with E-state index in [2.05, 4.69) is 0 Å². The number of phenolic OH excluding ortho intramolecular Hbond substituents is 2. The molecule has 0 saturated heterocycles. The van der Waals surface area contributed by atoms with Gasteiger partial charge in [0.1, 0.15) is 11.3 Å². The molecule has 0 saturated carbocycles. The van der Waals surface area contributed by atoms with Crippen LogP contribution < -0.4 is 9.47 Å². The fourth-order valence-corrected chi connectivity index (χ4v) is 2.53. The molecule has 2 aromatic carbocycles. The Balaban J connectivity index is 2.12. The molecule has 0 spiro atoms. The molecule has 2 aromatic rings. The van der Waals surface area contributed by atoms with Crippen molar-refractivity contribution in [3.05, 3.63) is 47.5 Å². The number of Topliss-reactive ketones (excluding diaryl/α,β-unsaturated/α-hetero) is 1. The van der Waals surface area contributed by atoms with Crippen molar-refractivity contribution in [3.63, 3.8) is 0 Å². The number of hydrogen-bond acceptors (Lipinski definition) is 6. The monoisotopic (exact) mass is 302 g/mol. The summed E-state index contributed by atoms with van der Waals surface area (Å²) < 4.78 is 10.5. The first-order valence-corrected chi connectivity index (χ1v) is 6.61. The molecule has 114 valence electrons. The average molecular weight is 302 g/mol. The zero-order chi connectivity index (χ0) is 15.9. The number of fused-ring (bicyclic) bond motifs is 1. The molecule has 0 amide bonds. The predicted molar refractivity (Wildman–Crippen MR) is 76.5 cm³/mol. The van der Waals surface area contributed by atoms with Crippen molar-refractivity contribution in [2.24, 2.45) is 0 Å². The largest absolute Gasteiger partial charge is 0.504 e. The molecule has 1 heterocycles. The Hall–Kier alpha value is -2.73. The van der Waals surface area contributed by atoms with Crippen molar-refractivity contribution >= 4 is 5.78 Å². The van der Waals surface area contributed by atoms with Gasteiger partial charge in [0.25, 0.3) is 0 Å². The lowest BCUT2D eigenvalue weighted by Crippen LogP contribution is -2.36. The van der Waals surface area contributed by atoms with Gasteiger partial charge < -0.3 is 24.8 Å². The lowest BCUT2D eigenvalue weighted by Gasteiger charge is -2.30. The SMILES string of the molecule is COc1c(O)cc2c(c1O)C(=O)C(O)C(c1ccccc1)O2. The molecule has 1 aliphatic rings. The van der Waals surface area contributed by atoms with E-state index >= 15 is 0 Å². The molecule has 6 nitrogen and oxygen atoms in total. The lowest BCUT2D eigenvalue weighted by atomic mass is 9.92. The minimum atomic E-state index is -1.46. The van der Waals surface area contributed by atoms with E-state index in [-0.39, 0.29) is 22.8 Å². The van der Waals surface area contributed by atoms with Crippen LogP contribution in [0.25, 0.3) is 0 Å². The first kappa shape index (κ1) is 14.2. The number of carbonyl (C=O) groups excluding carboxylic acids is 1. The van der Waals surface area contributed by atoms with Gasteiger partial charge in [0, 0.05) is 6.07 Å². The molecule has 6 heteroatoms. The Bertz CT molecular complexity index is 725. The second-order valence-corrected chi connectivity index (χ2v) is 4.91. The Morgan fingerprint density at radius 3 is 2.50 bits per heavy atom. The maximum absolute atomic E-state index is 12.4. The Kier molecular flexibility index (Phi) is 3.38. The maximum atomic E-state index is 12.4. The summed E-state index contributed by atoms with van der Waals surface area (Å²) in [6.07, 6.45) is -2.37. The normalized spacial score (nSPS) is 20.2. The van der Waals surface area contributed by atoms with E-state index in [4.69, 9.17) is 9.47 Å². The van der Waals surface area contributed by atoms with Gasteiger partial charge in [0.15, 0.2) is 23.7 Å². The Labute approximate surface area is 126 Å². The van der Waals surface area contributed by atoms with Crippen LogP contribution in [0.4, 0.5) is 0 Å². The number of aliphatic hydroxyl groups excluding tert-OH is 1. The van der Waals surface area contributed by atoms with Gasteiger partial charge in [-0.15, -0.1) is 0 Å². The first-order chi connectivity index (χ1) is 10.5. The van der Waals surface area contributed by atoms with E-state index in [1.165, 1.54) is 13.2 Å². The van der Waals surface area contributed by atoms with E-state index in [0.29, 0.717) is 5.56 Å². The van der Waals surface area contributed by atoms with Gasteiger partial charge in [-0.1, -0.05) is 30.3 Å². The summed E-state index contributed by atoms with van der Waals surface area (Å²) >= 11 is 0. The smallest absolute Gasteiger partial charge is 0.203 e. The van der Waals surface area contributed by atoms with Gasteiger partial charge in [-0.2, -0.15) is 0 Å². The number of carbonyl (C=O) groups is 1. The molecule has 0 radical (unpaired) electrons. The van der Waals surface area contributed by atoms with Gasteiger partial charge in [-0.25, -0.2) is 0 Å². The van der Waals surface area contributed by atoms with Crippen LogP contribution in [-0.4, -0.2) is 34.3 Å². The van der Waals surface area contributed by atoms with Crippen LogP contribution in [-0.2, 0) is 0 Å². The van der Waals surface area contributed by atoms with Gasteiger partial charge in [0.05, 0.1) is 7.11 Å². The molecule has 0 fully saturated rings. The van der Waals surface area contributed by atoms with Crippen LogP contribution in [0, 0.1) is 0 Å². The summed E-state index contributed by atoms with van der Waals surface area (Å²) in [7, 11) is 1.25. The number of aliphatic hydroxyl groups is 1. The average Bonchev–Trinajstić information content (AvgIpc) is 2.51. The molecule has 3 N–H and O–H groups in total. The Morgan fingerprint density at radius 1 is 1.18 bits per heavy atom. The maximum Gasteiger partial charge on any atom is 0.203 e. The third kappa shape index (κ3) is 2.05. The van der Waals surface area contributed by atoms with Gasteiger partial charge in [0.2, 0.25) is 11.5 Å². The molecule has 3 rings (SSSR count). The zero-order valence-electron chi connectivity index (χ0n) is 11.7. The van der Waals surface area contributed by atoms with Crippen LogP contribution in [0.3, 0.4) is 0 Å². The summed E-state index contributed by atoms with van der Waals surface area (Å²) in [5, 5.41) is 30.1. The van der Waals surface area contributed by atoms with Gasteiger partial charge >= 0.3 is 0 Å². The molecule has 0 bridgehead atoms. The van der Waals surface area contributed by atoms with Crippen molar-refractivity contribution in [1.29, 1.82) is 0 Å². The minimum Gasteiger partial charge on any atom is -0.504 e. The van der Waals surface area contributed by atoms with E-state index < -0.39 is 23.7 Å². The molecule has 1 aliphatic heterocycles. The van der Waals surface area contributed by atoms with Crippen molar-refractivity contribution in [2.45, 2.75) is 12.2 Å². The number of aromatic hydroxyl groups is 2. The summed E-state index contributed by atoms with van der Waals surface area (Å²) in [5.41, 5.74) is 0.415. The second kappa shape index (κ2) is 5.23. The molecule has 0 aromatic heterocycles. The van der Waals surface area contributed by atoms with Crippen LogP contribution >= 0.6 is 0 Å². The van der Waals surface area contributed by atoms with E-state index in [1.807, 2.05) is 0 Å². The molecular formula is C16H14O6. The fraction of sp³-hybridized carbons (Fsp3) is 0.188. The number of methoxy groups -OCH3 is 1. The van der Waals surface area contributed by atoms with Crippen LogP contribution in [0.15, 0.2) is 36.4 Å². The van der Waals surface area contributed by atoms with E-state index in [9.17, 15) is 20.1 Å². The van der Waals surface area contributed by atoms with Crippen LogP contribution in [0.5, 0.6) is 23.0 Å². The third-order valence-corrected chi connectivity index (χ3v) is 3.59. The van der Waals surface area contributed by atoms with E-state index in [1.54, 1.807) is 30.3 Å². The predicted octanol–water partition coefficient (Wildman–Crippen LogP) is 1.78. The quantitative estimate of drug-likeness (QED) is 0.782. The molecule has 22 heavy (non-hydrogen) atoms. The van der Waals surface area contributed by atoms with Crippen molar-refractivity contribution in [2.75, 3.05) is 7.11 Å². The summed E-state index contributed by atoms with van der Waals surface area (Å²) in [4.78, 5) is 12.4. The standard InChI is InChI=1S/C16H14O6/c1-21-16-9(17)7-10-11(13(16)19)12(18)14(20)15(22-10)8-5-3-2-4-6-8/h2-7,14-15,17,19-20H,1H3. The van der Waals surface area contributed by atoms with Gasteiger partial charge in [-0.05, 0) is 5.56 Å². The number of phenols is 2. The van der Waals surface area contributed by atoms with Gasteiger partial charge in [-0.3, -0.25) is 4.79 Å². The molecule has 0 aliphatic carbocycles. The fourth-order valence-electron chi connectivity index (χ4n) is 2.53. The first-order valence-electron chi connectivity index (χ1n) is 6.61. The summed E-state index contributed by atoms with van der Waals surface area (Å²) in [6.45, 7) is 0. The number of ether oxygens (including phenoxy) is 2. The molecule has 2 atom stereocenters. The van der Waals surface area contributed by atoms with E-state index in [0.717, 1.165) is 0 Å². The Morgan fingerprint density at radius 2 is 1.86 bits per heavy atom. The molecule has 2 unspecified atom stereocenters. The lowest BCUT2D eigenvalue weighted by molar-refractivity contribution is 0.0209. The van der Waals surface area contributed by atoms with Crippen LogP contribution in [0.1, 0.15) is 22.0 Å². The number of rotatable bonds is 2. The van der Waals surface area contributed by atoms with Crippen LogP contribution in [0.2, 0.25) is 0 Å². The third-order valence-electron chi connectivity index (χ3n) is 3.59. The number of benzene rings is 2. The highest BCUT2D eigenvalue weighted by molar-refractivity contribution is 6.06. The number of hydrogen-bond donors (Lipinski definition) is 3. The molecular weight excluding hydrogens is 288 g/mol. The zero-order valence-corrected chi connectivity index (χ0v) is 11.7. The minimum absolute atomic E-state index is 0.0000435.